The molecule has 0 fully saturated rings. The van der Waals surface area contributed by atoms with Gasteiger partial charge < -0.3 is 5.32 Å². The fourth-order valence-electron chi connectivity index (χ4n) is 1.03. The van der Waals surface area contributed by atoms with Gasteiger partial charge in [0.15, 0.2) is 0 Å². The average Bonchev–Trinajstić information content (AvgIpc) is 2.19. The molecule has 0 unspecified atom stereocenters. The third-order valence-corrected chi connectivity index (χ3v) is 1.65. The minimum absolute atomic E-state index is 0.172. The van der Waals surface area contributed by atoms with Gasteiger partial charge in [-0.2, -0.15) is 0 Å². The molecule has 0 aromatic heterocycles. The van der Waals surface area contributed by atoms with Crippen LogP contribution in [-0.2, 0) is 9.59 Å². The van der Waals surface area contributed by atoms with E-state index in [4.69, 9.17) is 0 Å². The van der Waals surface area contributed by atoms with E-state index in [1.54, 1.807) is 6.08 Å². The lowest BCUT2D eigenvalue weighted by Gasteiger charge is -2.04. The zero-order chi connectivity index (χ0) is 9.52. The van der Waals surface area contributed by atoms with Crippen molar-refractivity contribution in [2.75, 3.05) is 0 Å². The highest BCUT2D eigenvalue weighted by Crippen LogP contribution is 2.08. The van der Waals surface area contributed by atoms with E-state index in [0.29, 0.717) is 11.9 Å². The Balaban J connectivity index is 2.47. The van der Waals surface area contributed by atoms with Gasteiger partial charge >= 0.3 is 0 Å². The van der Waals surface area contributed by atoms with Gasteiger partial charge in [0.25, 0.3) is 5.91 Å². The standard InChI is InChI=1S/C10H11NO2/c12-8-4-7-11-10(13)9-5-2-1-3-6-9/h2,4-8H,1,3H2,(H,11,13)/b7-4-. The summed E-state index contributed by atoms with van der Waals surface area (Å²) in [6.07, 6.45) is 10.7. The van der Waals surface area contributed by atoms with Crippen molar-refractivity contribution in [3.05, 3.63) is 36.1 Å². The van der Waals surface area contributed by atoms with Crippen LogP contribution in [0.25, 0.3) is 0 Å². The van der Waals surface area contributed by atoms with E-state index in [0.717, 1.165) is 12.8 Å². The summed E-state index contributed by atoms with van der Waals surface area (Å²) < 4.78 is 0. The number of amides is 1. The number of hydrogen-bond acceptors (Lipinski definition) is 2. The minimum Gasteiger partial charge on any atom is -0.328 e. The highest BCUT2D eigenvalue weighted by atomic mass is 16.1. The molecule has 68 valence electrons. The Morgan fingerprint density at radius 1 is 1.46 bits per heavy atom. The van der Waals surface area contributed by atoms with Crippen LogP contribution in [-0.4, -0.2) is 12.2 Å². The van der Waals surface area contributed by atoms with Gasteiger partial charge in [-0.1, -0.05) is 18.2 Å². The molecule has 0 radical (unpaired) electrons. The third-order valence-electron chi connectivity index (χ3n) is 1.65. The van der Waals surface area contributed by atoms with Crippen LogP contribution in [0.15, 0.2) is 36.1 Å². The topological polar surface area (TPSA) is 46.2 Å². The number of carbonyl (C=O) groups excluding carboxylic acids is 2. The molecule has 1 aliphatic carbocycles. The van der Waals surface area contributed by atoms with E-state index in [2.05, 4.69) is 5.32 Å². The maximum atomic E-state index is 11.3. The lowest BCUT2D eigenvalue weighted by atomic mass is 10.1. The Kier molecular flexibility index (Phi) is 3.70. The highest BCUT2D eigenvalue weighted by Gasteiger charge is 2.05. The minimum atomic E-state index is -0.172. The van der Waals surface area contributed by atoms with Crippen molar-refractivity contribution in [3.63, 3.8) is 0 Å². The fraction of sp³-hybridized carbons (Fsp3) is 0.200. The lowest BCUT2D eigenvalue weighted by molar-refractivity contribution is -0.116. The molecule has 0 aromatic carbocycles. The van der Waals surface area contributed by atoms with Crippen molar-refractivity contribution in [2.45, 2.75) is 12.8 Å². The van der Waals surface area contributed by atoms with Crippen molar-refractivity contribution in [1.29, 1.82) is 0 Å². The Morgan fingerprint density at radius 2 is 2.31 bits per heavy atom. The summed E-state index contributed by atoms with van der Waals surface area (Å²) in [5.41, 5.74) is 0.654. The summed E-state index contributed by atoms with van der Waals surface area (Å²) in [6.45, 7) is 0. The second-order valence-corrected chi connectivity index (χ2v) is 2.61. The van der Waals surface area contributed by atoms with E-state index in [1.807, 2.05) is 12.2 Å². The molecule has 3 heteroatoms. The number of carbonyl (C=O) groups is 2. The van der Waals surface area contributed by atoms with Crippen LogP contribution >= 0.6 is 0 Å². The lowest BCUT2D eigenvalue weighted by Crippen LogP contribution is -2.18. The Morgan fingerprint density at radius 3 is 2.92 bits per heavy atom. The molecular weight excluding hydrogens is 166 g/mol. The molecule has 0 atom stereocenters. The van der Waals surface area contributed by atoms with Gasteiger partial charge in [0, 0.05) is 11.8 Å². The highest BCUT2D eigenvalue weighted by molar-refractivity contribution is 5.97. The molecule has 1 N–H and O–H groups in total. The van der Waals surface area contributed by atoms with E-state index >= 15 is 0 Å². The second-order valence-electron chi connectivity index (χ2n) is 2.61. The van der Waals surface area contributed by atoms with E-state index in [-0.39, 0.29) is 5.91 Å². The first kappa shape index (κ1) is 9.45. The van der Waals surface area contributed by atoms with E-state index in [1.165, 1.54) is 12.3 Å². The number of allylic oxidation sites excluding steroid dienone is 3. The molecule has 0 bridgehead atoms. The summed E-state index contributed by atoms with van der Waals surface area (Å²) in [6, 6.07) is 0. The first-order chi connectivity index (χ1) is 6.34. The van der Waals surface area contributed by atoms with Crippen molar-refractivity contribution < 1.29 is 9.59 Å². The molecule has 0 aliphatic heterocycles. The Hall–Kier alpha value is -1.64. The van der Waals surface area contributed by atoms with Crippen molar-refractivity contribution >= 4 is 12.2 Å². The SMILES string of the molecule is O=C/C=C\NC(=O)C1=CCCC=C1. The average molecular weight is 177 g/mol. The van der Waals surface area contributed by atoms with Crippen LogP contribution in [0.2, 0.25) is 0 Å². The predicted octanol–water partition coefficient (Wildman–Crippen LogP) is 1.09. The molecule has 0 spiro atoms. The molecule has 1 rings (SSSR count). The number of nitrogens with one attached hydrogen (secondary N) is 1. The van der Waals surface area contributed by atoms with Gasteiger partial charge in [-0.05, 0) is 18.9 Å². The molecular formula is C10H11NO2. The molecule has 0 aromatic rings. The molecule has 13 heavy (non-hydrogen) atoms. The van der Waals surface area contributed by atoms with Crippen molar-refractivity contribution in [2.24, 2.45) is 0 Å². The zero-order valence-electron chi connectivity index (χ0n) is 7.19. The van der Waals surface area contributed by atoms with Crippen LogP contribution in [0, 0.1) is 0 Å². The number of rotatable bonds is 3. The normalized spacial score (nSPS) is 15.5. The Bertz CT molecular complexity index is 287. The van der Waals surface area contributed by atoms with Crippen molar-refractivity contribution in [1.82, 2.24) is 5.32 Å². The maximum absolute atomic E-state index is 11.3. The van der Waals surface area contributed by atoms with Gasteiger partial charge in [-0.15, -0.1) is 0 Å². The molecule has 0 heterocycles. The quantitative estimate of drug-likeness (QED) is 0.518. The van der Waals surface area contributed by atoms with E-state index in [9.17, 15) is 9.59 Å². The molecule has 0 saturated carbocycles. The maximum Gasteiger partial charge on any atom is 0.254 e. The Labute approximate surface area is 76.8 Å². The largest absolute Gasteiger partial charge is 0.328 e. The predicted molar refractivity (Wildman–Crippen MR) is 49.8 cm³/mol. The van der Waals surface area contributed by atoms with Gasteiger partial charge in [0.1, 0.15) is 6.29 Å². The number of hydrogen-bond donors (Lipinski definition) is 1. The first-order valence-corrected chi connectivity index (χ1v) is 4.12. The van der Waals surface area contributed by atoms with Crippen LogP contribution < -0.4 is 5.32 Å². The molecule has 1 amide bonds. The molecule has 3 nitrogen and oxygen atoms in total. The van der Waals surface area contributed by atoms with Gasteiger partial charge in [-0.3, -0.25) is 9.59 Å². The number of aldehydes is 1. The van der Waals surface area contributed by atoms with Gasteiger partial charge in [0.05, 0.1) is 0 Å². The van der Waals surface area contributed by atoms with E-state index < -0.39 is 0 Å². The van der Waals surface area contributed by atoms with Crippen LogP contribution in [0.5, 0.6) is 0 Å². The summed E-state index contributed by atoms with van der Waals surface area (Å²) in [7, 11) is 0. The van der Waals surface area contributed by atoms with Gasteiger partial charge in [-0.25, -0.2) is 0 Å². The first-order valence-electron chi connectivity index (χ1n) is 4.12. The van der Waals surface area contributed by atoms with Gasteiger partial charge in [0.2, 0.25) is 0 Å². The van der Waals surface area contributed by atoms with Crippen LogP contribution in [0.3, 0.4) is 0 Å². The third kappa shape index (κ3) is 3.07. The molecule has 0 saturated heterocycles. The van der Waals surface area contributed by atoms with Crippen LogP contribution in [0.1, 0.15) is 12.8 Å². The summed E-state index contributed by atoms with van der Waals surface area (Å²) in [4.78, 5) is 21.2. The summed E-state index contributed by atoms with van der Waals surface area (Å²) in [5, 5.41) is 2.48. The monoisotopic (exact) mass is 177 g/mol. The van der Waals surface area contributed by atoms with Crippen molar-refractivity contribution in [3.8, 4) is 0 Å². The second kappa shape index (κ2) is 5.09. The smallest absolute Gasteiger partial charge is 0.254 e. The zero-order valence-corrected chi connectivity index (χ0v) is 7.19. The molecule has 1 aliphatic rings. The van der Waals surface area contributed by atoms with Crippen LogP contribution in [0.4, 0.5) is 0 Å². The fourth-order valence-corrected chi connectivity index (χ4v) is 1.03. The summed E-state index contributed by atoms with van der Waals surface area (Å²) in [5.74, 6) is -0.172. The summed E-state index contributed by atoms with van der Waals surface area (Å²) >= 11 is 0.